The van der Waals surface area contributed by atoms with Gasteiger partial charge in [0.1, 0.15) is 0 Å². The number of halogens is 1. The molecule has 5 nitrogen and oxygen atoms in total. The molecule has 0 unspecified atom stereocenters. The van der Waals surface area contributed by atoms with Gasteiger partial charge in [-0.1, -0.05) is 5.21 Å². The molecule has 0 aliphatic heterocycles. The molecule has 1 aromatic carbocycles. The van der Waals surface area contributed by atoms with Gasteiger partial charge in [-0.2, -0.15) is 0 Å². The zero-order valence-electron chi connectivity index (χ0n) is 9.93. The molecule has 0 saturated heterocycles. The fraction of sp³-hybridized carbons (Fsp3) is 0.333. The van der Waals surface area contributed by atoms with Gasteiger partial charge in [-0.05, 0) is 25.0 Å². The lowest BCUT2D eigenvalue weighted by molar-refractivity contribution is 0.386. The molecule has 1 aromatic heterocycles. The monoisotopic (exact) mass is 248 g/mol. The third-order valence-corrected chi connectivity index (χ3v) is 3.08. The lowest BCUT2D eigenvalue weighted by Gasteiger charge is -2.07. The molecule has 0 radical (unpaired) electrons. The Labute approximate surface area is 103 Å². The highest BCUT2D eigenvalue weighted by atomic mass is 19.1. The molecule has 1 aliphatic carbocycles. The molecule has 94 valence electrons. The van der Waals surface area contributed by atoms with E-state index in [1.54, 1.807) is 16.8 Å². The van der Waals surface area contributed by atoms with E-state index in [2.05, 4.69) is 10.3 Å². The van der Waals surface area contributed by atoms with Crippen molar-refractivity contribution in [2.45, 2.75) is 18.8 Å². The number of nitrogens with two attached hydrogens (primary N) is 1. The Bertz CT molecular complexity index is 592. The van der Waals surface area contributed by atoms with Crippen molar-refractivity contribution in [1.82, 2.24) is 15.0 Å². The van der Waals surface area contributed by atoms with Gasteiger partial charge >= 0.3 is 0 Å². The van der Waals surface area contributed by atoms with E-state index >= 15 is 0 Å². The van der Waals surface area contributed by atoms with Crippen LogP contribution in [-0.2, 0) is 0 Å². The number of aromatic nitrogens is 3. The molecule has 1 heterocycles. The van der Waals surface area contributed by atoms with Gasteiger partial charge in [0, 0.05) is 12.0 Å². The predicted octanol–water partition coefficient (Wildman–Crippen LogP) is 1.87. The minimum absolute atomic E-state index is 0.208. The van der Waals surface area contributed by atoms with Crippen molar-refractivity contribution < 1.29 is 9.13 Å². The molecule has 0 spiro atoms. The highest BCUT2D eigenvalue weighted by Crippen LogP contribution is 2.42. The minimum Gasteiger partial charge on any atom is -0.494 e. The molecule has 0 atom stereocenters. The van der Waals surface area contributed by atoms with Gasteiger partial charge in [0.15, 0.2) is 17.4 Å². The zero-order chi connectivity index (χ0) is 12.7. The first kappa shape index (κ1) is 11.0. The Morgan fingerprint density at radius 3 is 2.83 bits per heavy atom. The normalized spacial score (nSPS) is 14.8. The quantitative estimate of drug-likeness (QED) is 0.900. The molecule has 3 rings (SSSR count). The van der Waals surface area contributed by atoms with E-state index < -0.39 is 5.82 Å². The molecule has 0 amide bonds. The molecular weight excluding hydrogens is 235 g/mol. The largest absolute Gasteiger partial charge is 0.494 e. The summed E-state index contributed by atoms with van der Waals surface area (Å²) in [5.41, 5.74) is 7.29. The van der Waals surface area contributed by atoms with E-state index in [9.17, 15) is 4.39 Å². The topological polar surface area (TPSA) is 66.0 Å². The van der Waals surface area contributed by atoms with Gasteiger partial charge in [0.2, 0.25) is 0 Å². The van der Waals surface area contributed by atoms with E-state index in [1.165, 1.54) is 13.2 Å². The average molecular weight is 248 g/mol. The van der Waals surface area contributed by atoms with Crippen molar-refractivity contribution in [1.29, 1.82) is 0 Å². The van der Waals surface area contributed by atoms with E-state index in [4.69, 9.17) is 10.5 Å². The Morgan fingerprint density at radius 2 is 2.22 bits per heavy atom. The predicted molar refractivity (Wildman–Crippen MR) is 64.3 cm³/mol. The maximum absolute atomic E-state index is 13.7. The van der Waals surface area contributed by atoms with E-state index in [0.717, 1.165) is 18.5 Å². The van der Waals surface area contributed by atoms with Gasteiger partial charge in [0.05, 0.1) is 18.5 Å². The maximum Gasteiger partial charge on any atom is 0.169 e. The highest BCUT2D eigenvalue weighted by molar-refractivity contribution is 5.46. The lowest BCUT2D eigenvalue weighted by atomic mass is 10.2. The Balaban J connectivity index is 2.07. The number of nitrogen functional groups attached to an aromatic ring is 1. The van der Waals surface area contributed by atoms with Crippen LogP contribution in [0.15, 0.2) is 18.2 Å². The first-order chi connectivity index (χ1) is 8.70. The Morgan fingerprint density at radius 1 is 1.44 bits per heavy atom. The number of nitrogens with zero attached hydrogens (tertiary/aromatic N) is 3. The van der Waals surface area contributed by atoms with Gasteiger partial charge in [-0.3, -0.25) is 0 Å². The van der Waals surface area contributed by atoms with Crippen LogP contribution >= 0.6 is 0 Å². The number of anilines is 1. The molecule has 6 heteroatoms. The summed E-state index contributed by atoms with van der Waals surface area (Å²) in [7, 11) is 1.43. The third-order valence-electron chi connectivity index (χ3n) is 3.08. The van der Waals surface area contributed by atoms with E-state index in [0.29, 0.717) is 17.4 Å². The van der Waals surface area contributed by atoms with E-state index in [-0.39, 0.29) is 5.75 Å². The summed E-state index contributed by atoms with van der Waals surface area (Å²) in [6.45, 7) is 0. The zero-order valence-corrected chi connectivity index (χ0v) is 9.93. The van der Waals surface area contributed by atoms with Gasteiger partial charge in [0.25, 0.3) is 0 Å². The third kappa shape index (κ3) is 1.70. The number of benzene rings is 1. The van der Waals surface area contributed by atoms with Crippen LogP contribution in [0.5, 0.6) is 5.75 Å². The fourth-order valence-electron chi connectivity index (χ4n) is 2.02. The summed E-state index contributed by atoms with van der Waals surface area (Å²) >= 11 is 0. The minimum atomic E-state index is -0.425. The second kappa shape index (κ2) is 3.97. The molecule has 2 N–H and O–H groups in total. The van der Waals surface area contributed by atoms with Crippen LogP contribution in [0.2, 0.25) is 0 Å². The van der Waals surface area contributed by atoms with Gasteiger partial charge in [-0.25, -0.2) is 9.07 Å². The van der Waals surface area contributed by atoms with Crippen molar-refractivity contribution in [2.24, 2.45) is 0 Å². The Hall–Kier alpha value is -2.11. The lowest BCUT2D eigenvalue weighted by Crippen LogP contribution is -2.03. The molecule has 1 saturated carbocycles. The van der Waals surface area contributed by atoms with Gasteiger partial charge < -0.3 is 10.5 Å². The maximum atomic E-state index is 13.7. The molecular formula is C12H13FN4O. The number of methoxy groups -OCH3 is 1. The summed E-state index contributed by atoms with van der Waals surface area (Å²) in [6, 6.07) is 4.68. The fourth-order valence-corrected chi connectivity index (χ4v) is 2.02. The molecule has 18 heavy (non-hydrogen) atoms. The number of rotatable bonds is 3. The van der Waals surface area contributed by atoms with Crippen molar-refractivity contribution in [3.8, 4) is 11.4 Å². The number of hydrogen-bond acceptors (Lipinski definition) is 4. The van der Waals surface area contributed by atoms with Crippen LogP contribution < -0.4 is 10.5 Å². The van der Waals surface area contributed by atoms with Crippen LogP contribution in [0.3, 0.4) is 0 Å². The van der Waals surface area contributed by atoms with Crippen LogP contribution in [0.4, 0.5) is 10.2 Å². The molecule has 0 bridgehead atoms. The van der Waals surface area contributed by atoms with Crippen molar-refractivity contribution >= 4 is 5.82 Å². The highest BCUT2D eigenvalue weighted by Gasteiger charge is 2.31. The van der Waals surface area contributed by atoms with Crippen LogP contribution in [0, 0.1) is 5.82 Å². The summed E-state index contributed by atoms with van der Waals surface area (Å²) in [5.74, 6) is 0.601. The summed E-state index contributed by atoms with van der Waals surface area (Å²) < 4.78 is 20.2. The van der Waals surface area contributed by atoms with Crippen LogP contribution in [0.25, 0.3) is 5.69 Å². The standard InChI is InChI=1S/C12H13FN4O/c1-18-10-5-4-8(6-9(10)13)17-11(7-2-3-7)12(14)15-16-17/h4-7H,2-3,14H2,1H3. The second-order valence-corrected chi connectivity index (χ2v) is 4.36. The summed E-state index contributed by atoms with van der Waals surface area (Å²) in [6.07, 6.45) is 2.16. The summed E-state index contributed by atoms with van der Waals surface area (Å²) in [4.78, 5) is 0. The number of hydrogen-bond donors (Lipinski definition) is 1. The first-order valence-corrected chi connectivity index (χ1v) is 5.75. The Kier molecular flexibility index (Phi) is 2.43. The van der Waals surface area contributed by atoms with Crippen molar-refractivity contribution in [3.63, 3.8) is 0 Å². The molecule has 1 aliphatic rings. The average Bonchev–Trinajstić information content (AvgIpc) is 3.12. The van der Waals surface area contributed by atoms with E-state index in [1.807, 2.05) is 0 Å². The smallest absolute Gasteiger partial charge is 0.169 e. The van der Waals surface area contributed by atoms with Crippen LogP contribution in [-0.4, -0.2) is 22.1 Å². The van der Waals surface area contributed by atoms with Gasteiger partial charge in [-0.15, -0.1) is 5.10 Å². The van der Waals surface area contributed by atoms with Crippen LogP contribution in [0.1, 0.15) is 24.5 Å². The summed E-state index contributed by atoms with van der Waals surface area (Å²) in [5, 5.41) is 7.84. The molecule has 1 fully saturated rings. The first-order valence-electron chi connectivity index (χ1n) is 5.75. The van der Waals surface area contributed by atoms with Crippen molar-refractivity contribution in [3.05, 3.63) is 29.7 Å². The molecule has 2 aromatic rings. The SMILES string of the molecule is COc1ccc(-n2nnc(N)c2C2CC2)cc1F. The number of ether oxygens (including phenoxy) is 1. The second-order valence-electron chi connectivity index (χ2n) is 4.36. The van der Waals surface area contributed by atoms with Crippen molar-refractivity contribution in [2.75, 3.05) is 12.8 Å².